The van der Waals surface area contributed by atoms with Crippen molar-refractivity contribution in [2.24, 2.45) is 5.84 Å². The van der Waals surface area contributed by atoms with Crippen molar-refractivity contribution in [1.82, 2.24) is 5.43 Å². The van der Waals surface area contributed by atoms with Gasteiger partial charge in [-0.05, 0) is 55.0 Å². The summed E-state index contributed by atoms with van der Waals surface area (Å²) in [5.41, 5.74) is 3.27. The average molecular weight is 408 g/mol. The van der Waals surface area contributed by atoms with Crippen LogP contribution in [0.4, 0.5) is 5.69 Å². The molecule has 9 heteroatoms. The molecule has 1 heterocycles. The average Bonchev–Trinajstić information content (AvgIpc) is 3.01. The van der Waals surface area contributed by atoms with Crippen LogP contribution in [0.5, 0.6) is 0 Å². The maximum Gasteiger partial charge on any atom is 0.265 e. The number of amides is 2. The van der Waals surface area contributed by atoms with E-state index in [4.69, 9.17) is 17.4 Å². The Hall–Kier alpha value is -2.42. The topological polar surface area (TPSA) is 110 Å². The van der Waals surface area contributed by atoms with Gasteiger partial charge in [-0.1, -0.05) is 11.6 Å². The summed E-state index contributed by atoms with van der Waals surface area (Å²) in [4.78, 5) is 26.2. The predicted octanol–water partition coefficient (Wildman–Crippen LogP) is 1.78. The van der Waals surface area contributed by atoms with Gasteiger partial charge in [-0.25, -0.2) is 14.3 Å². The second-order valence-electron chi connectivity index (χ2n) is 6.26. The maximum absolute atomic E-state index is 13.1. The first-order chi connectivity index (χ1) is 12.8. The SMILES string of the molecule is NNC(=O)c1ccc(N(C(=O)c2ccc(Cl)cc2)C2CCS(=O)(=O)C2)cc1. The van der Waals surface area contributed by atoms with Crippen molar-refractivity contribution in [3.8, 4) is 0 Å². The van der Waals surface area contributed by atoms with Crippen molar-refractivity contribution < 1.29 is 18.0 Å². The number of anilines is 1. The van der Waals surface area contributed by atoms with Gasteiger partial charge in [0.15, 0.2) is 9.84 Å². The smallest absolute Gasteiger partial charge is 0.265 e. The van der Waals surface area contributed by atoms with E-state index in [1.54, 1.807) is 36.4 Å². The molecule has 0 saturated carbocycles. The molecular formula is C18H18ClN3O4S. The zero-order chi connectivity index (χ0) is 19.6. The molecule has 1 aliphatic rings. The number of hydrazine groups is 1. The quantitative estimate of drug-likeness (QED) is 0.456. The second-order valence-corrected chi connectivity index (χ2v) is 8.92. The lowest BCUT2D eigenvalue weighted by Gasteiger charge is -2.28. The van der Waals surface area contributed by atoms with Gasteiger partial charge in [-0.2, -0.15) is 0 Å². The summed E-state index contributed by atoms with van der Waals surface area (Å²) < 4.78 is 23.9. The van der Waals surface area contributed by atoms with Gasteiger partial charge in [0.25, 0.3) is 11.8 Å². The van der Waals surface area contributed by atoms with Gasteiger partial charge in [0.05, 0.1) is 17.5 Å². The number of hydrogen-bond donors (Lipinski definition) is 2. The maximum atomic E-state index is 13.1. The van der Waals surface area contributed by atoms with Crippen LogP contribution in [0.3, 0.4) is 0 Å². The fraction of sp³-hybridized carbons (Fsp3) is 0.222. The van der Waals surface area contributed by atoms with Crippen LogP contribution in [0, 0.1) is 0 Å². The van der Waals surface area contributed by atoms with Crippen LogP contribution < -0.4 is 16.2 Å². The molecule has 1 fully saturated rings. The van der Waals surface area contributed by atoms with E-state index >= 15 is 0 Å². The molecule has 2 amide bonds. The predicted molar refractivity (Wildman–Crippen MR) is 103 cm³/mol. The molecule has 1 aliphatic heterocycles. The molecule has 7 nitrogen and oxygen atoms in total. The molecule has 0 aromatic heterocycles. The molecule has 0 radical (unpaired) electrons. The Morgan fingerprint density at radius 3 is 2.15 bits per heavy atom. The highest BCUT2D eigenvalue weighted by Crippen LogP contribution is 2.27. The highest BCUT2D eigenvalue weighted by molar-refractivity contribution is 7.91. The molecule has 0 spiro atoms. The molecule has 3 N–H and O–H groups in total. The number of carbonyl (C=O) groups excluding carboxylic acids is 2. The summed E-state index contributed by atoms with van der Waals surface area (Å²) in [6.45, 7) is 0. The molecule has 142 valence electrons. The van der Waals surface area contributed by atoms with Crippen LogP contribution in [0.1, 0.15) is 27.1 Å². The zero-order valence-corrected chi connectivity index (χ0v) is 15.8. The van der Waals surface area contributed by atoms with E-state index in [1.807, 2.05) is 5.43 Å². The Balaban J connectivity index is 1.98. The number of benzene rings is 2. The third-order valence-electron chi connectivity index (χ3n) is 4.42. The first kappa shape index (κ1) is 19.3. The number of nitrogens with zero attached hydrogens (tertiary/aromatic N) is 1. The summed E-state index contributed by atoms with van der Waals surface area (Å²) in [5.74, 6) is 4.28. The molecular weight excluding hydrogens is 390 g/mol. The summed E-state index contributed by atoms with van der Waals surface area (Å²) >= 11 is 5.89. The first-order valence-electron chi connectivity index (χ1n) is 8.21. The Kier molecular flexibility index (Phi) is 5.50. The number of nitrogen functional groups attached to an aromatic ring is 1. The number of carbonyl (C=O) groups is 2. The van der Waals surface area contributed by atoms with Crippen molar-refractivity contribution in [3.63, 3.8) is 0 Å². The number of nitrogens with two attached hydrogens (primary N) is 1. The molecule has 0 bridgehead atoms. The fourth-order valence-electron chi connectivity index (χ4n) is 3.06. The third kappa shape index (κ3) is 4.29. The lowest BCUT2D eigenvalue weighted by atomic mass is 10.1. The van der Waals surface area contributed by atoms with E-state index < -0.39 is 21.8 Å². The van der Waals surface area contributed by atoms with Crippen LogP contribution in [0.2, 0.25) is 5.02 Å². The van der Waals surface area contributed by atoms with E-state index in [9.17, 15) is 18.0 Å². The largest absolute Gasteiger partial charge is 0.304 e. The summed E-state index contributed by atoms with van der Waals surface area (Å²) in [5, 5.41) is 0.499. The van der Waals surface area contributed by atoms with Gasteiger partial charge in [0.2, 0.25) is 0 Å². The minimum atomic E-state index is -3.19. The Bertz CT molecular complexity index is 959. The molecule has 0 aliphatic carbocycles. The van der Waals surface area contributed by atoms with Crippen molar-refractivity contribution in [3.05, 3.63) is 64.7 Å². The van der Waals surface area contributed by atoms with Crippen molar-refractivity contribution >= 4 is 38.9 Å². The summed E-state index contributed by atoms with van der Waals surface area (Å²) in [7, 11) is -3.19. The monoisotopic (exact) mass is 407 g/mol. The van der Waals surface area contributed by atoms with Gasteiger partial charge in [0.1, 0.15) is 0 Å². The highest BCUT2D eigenvalue weighted by Gasteiger charge is 2.36. The number of sulfone groups is 1. The van der Waals surface area contributed by atoms with Gasteiger partial charge >= 0.3 is 0 Å². The highest BCUT2D eigenvalue weighted by atomic mass is 35.5. The van der Waals surface area contributed by atoms with Gasteiger partial charge in [-0.15, -0.1) is 0 Å². The van der Waals surface area contributed by atoms with E-state index in [2.05, 4.69) is 0 Å². The fourth-order valence-corrected chi connectivity index (χ4v) is 4.89. The van der Waals surface area contributed by atoms with Crippen LogP contribution in [0.25, 0.3) is 0 Å². The normalized spacial score (nSPS) is 18.1. The minimum Gasteiger partial charge on any atom is -0.304 e. The third-order valence-corrected chi connectivity index (χ3v) is 6.42. The van der Waals surface area contributed by atoms with Crippen LogP contribution in [-0.4, -0.2) is 37.8 Å². The first-order valence-corrected chi connectivity index (χ1v) is 10.4. The molecule has 3 rings (SSSR count). The second kappa shape index (κ2) is 7.67. The van der Waals surface area contributed by atoms with E-state index in [0.717, 1.165) is 0 Å². The molecule has 1 unspecified atom stereocenters. The van der Waals surface area contributed by atoms with Gasteiger partial charge in [0, 0.05) is 21.8 Å². The molecule has 1 saturated heterocycles. The summed E-state index contributed by atoms with van der Waals surface area (Å²) in [6.07, 6.45) is 0.354. The number of halogens is 1. The van der Waals surface area contributed by atoms with Crippen LogP contribution in [-0.2, 0) is 9.84 Å². The van der Waals surface area contributed by atoms with Gasteiger partial charge in [-0.3, -0.25) is 15.0 Å². The number of rotatable bonds is 4. The van der Waals surface area contributed by atoms with Crippen LogP contribution in [0.15, 0.2) is 48.5 Å². The van der Waals surface area contributed by atoms with E-state index in [1.165, 1.54) is 17.0 Å². The lowest BCUT2D eigenvalue weighted by Crippen LogP contribution is -2.41. The lowest BCUT2D eigenvalue weighted by molar-refractivity contribution is 0.0952. The van der Waals surface area contributed by atoms with E-state index in [-0.39, 0.29) is 17.4 Å². The Morgan fingerprint density at radius 2 is 1.63 bits per heavy atom. The molecule has 1 atom stereocenters. The molecule has 2 aromatic carbocycles. The Morgan fingerprint density at radius 1 is 1.04 bits per heavy atom. The zero-order valence-electron chi connectivity index (χ0n) is 14.3. The molecule has 27 heavy (non-hydrogen) atoms. The Labute approximate surface area is 162 Å². The van der Waals surface area contributed by atoms with E-state index in [0.29, 0.717) is 28.3 Å². The molecule has 2 aromatic rings. The number of nitrogens with one attached hydrogen (secondary N) is 1. The minimum absolute atomic E-state index is 0.0374. The van der Waals surface area contributed by atoms with Crippen molar-refractivity contribution in [2.75, 3.05) is 16.4 Å². The summed E-state index contributed by atoms with van der Waals surface area (Å²) in [6, 6.07) is 12.2. The van der Waals surface area contributed by atoms with Gasteiger partial charge < -0.3 is 4.90 Å². The van der Waals surface area contributed by atoms with Crippen LogP contribution >= 0.6 is 11.6 Å². The van der Waals surface area contributed by atoms with Crippen molar-refractivity contribution in [1.29, 1.82) is 0 Å². The van der Waals surface area contributed by atoms with Crippen molar-refractivity contribution in [2.45, 2.75) is 12.5 Å². The number of hydrogen-bond acceptors (Lipinski definition) is 5. The standard InChI is InChI=1S/C18H18ClN3O4S/c19-14-5-1-13(2-6-14)18(24)22(16-9-10-27(25,26)11-16)15-7-3-12(4-8-15)17(23)21-20/h1-8,16H,9-11,20H2,(H,21,23).